The van der Waals surface area contributed by atoms with Gasteiger partial charge in [0.15, 0.2) is 11.5 Å². The fourth-order valence-electron chi connectivity index (χ4n) is 4.54. The first-order valence-corrected chi connectivity index (χ1v) is 12.4. The summed E-state index contributed by atoms with van der Waals surface area (Å²) in [6, 6.07) is 21.2. The van der Waals surface area contributed by atoms with Gasteiger partial charge in [0, 0.05) is 36.2 Å². The molecule has 5 rings (SSSR count). The van der Waals surface area contributed by atoms with Crippen molar-refractivity contribution in [2.75, 3.05) is 26.1 Å². The number of methoxy groups -OCH3 is 1. The molecule has 3 aromatic carbocycles. The predicted molar refractivity (Wildman–Crippen MR) is 145 cm³/mol. The molecule has 0 bridgehead atoms. The summed E-state index contributed by atoms with van der Waals surface area (Å²) in [6.45, 7) is 0.191. The number of fused-ring (bicyclic) bond motifs is 1. The lowest BCUT2D eigenvalue weighted by atomic mass is 9.94. The smallest absolute Gasteiger partial charge is 0.290 e. The second-order valence-electron chi connectivity index (χ2n) is 9.05. The minimum atomic E-state index is -0.793. The molecule has 4 aromatic rings. The number of hydrogen-bond donors (Lipinski definition) is 1. The molecule has 1 N–H and O–H groups in total. The number of ketones is 1. The third-order valence-corrected chi connectivity index (χ3v) is 6.98. The molecular weight excluding hydrogens is 536 g/mol. The molecule has 0 saturated heterocycles. The van der Waals surface area contributed by atoms with Crippen molar-refractivity contribution in [3.05, 3.63) is 105 Å². The highest BCUT2D eigenvalue weighted by atomic mass is 79.9. The molecule has 188 valence electrons. The molecular formula is C29H25BrN2O5. The molecule has 1 atom stereocenters. The highest BCUT2D eigenvalue weighted by Gasteiger charge is 2.44. The van der Waals surface area contributed by atoms with Crippen LogP contribution in [0.2, 0.25) is 0 Å². The molecule has 1 unspecified atom stereocenters. The predicted octanol–water partition coefficient (Wildman–Crippen LogP) is 6.05. The summed E-state index contributed by atoms with van der Waals surface area (Å²) in [7, 11) is 5.46. The molecule has 0 aliphatic carbocycles. The number of nitrogens with zero attached hydrogens (tertiary/aromatic N) is 2. The van der Waals surface area contributed by atoms with Gasteiger partial charge < -0.3 is 24.1 Å². The third-order valence-electron chi connectivity index (χ3n) is 6.49. The van der Waals surface area contributed by atoms with Crippen LogP contribution in [-0.2, 0) is 11.3 Å². The molecule has 2 heterocycles. The van der Waals surface area contributed by atoms with E-state index in [0.717, 1.165) is 21.1 Å². The highest BCUT2D eigenvalue weighted by Crippen LogP contribution is 2.41. The first kappa shape index (κ1) is 24.6. The number of aliphatic hydroxyl groups is 1. The van der Waals surface area contributed by atoms with Crippen LogP contribution >= 0.6 is 15.9 Å². The minimum absolute atomic E-state index is 0.00534. The minimum Gasteiger partial charge on any atom is -0.503 e. The average Bonchev–Trinajstić information content (AvgIpc) is 3.43. The van der Waals surface area contributed by atoms with Crippen LogP contribution in [0, 0.1) is 0 Å². The molecule has 1 amide bonds. The van der Waals surface area contributed by atoms with Crippen LogP contribution < -0.4 is 9.64 Å². The van der Waals surface area contributed by atoms with E-state index in [2.05, 4.69) is 15.9 Å². The number of ether oxygens (including phenoxy) is 1. The van der Waals surface area contributed by atoms with E-state index >= 15 is 0 Å². The number of amides is 1. The molecule has 0 radical (unpaired) electrons. The molecule has 1 aliphatic rings. The maximum absolute atomic E-state index is 13.8. The van der Waals surface area contributed by atoms with E-state index in [4.69, 9.17) is 9.15 Å². The Balaban J connectivity index is 1.57. The van der Waals surface area contributed by atoms with Crippen molar-refractivity contribution < 1.29 is 23.8 Å². The van der Waals surface area contributed by atoms with Gasteiger partial charge >= 0.3 is 0 Å². The van der Waals surface area contributed by atoms with Crippen LogP contribution in [0.3, 0.4) is 0 Å². The summed E-state index contributed by atoms with van der Waals surface area (Å²) in [6.07, 6.45) is 0. The van der Waals surface area contributed by atoms with Gasteiger partial charge in [-0.05, 0) is 59.7 Å². The average molecular weight is 561 g/mol. The van der Waals surface area contributed by atoms with E-state index in [1.807, 2.05) is 79.7 Å². The first-order chi connectivity index (χ1) is 17.8. The van der Waals surface area contributed by atoms with E-state index in [0.29, 0.717) is 16.9 Å². The van der Waals surface area contributed by atoms with E-state index in [1.54, 1.807) is 19.2 Å². The number of carbonyl (C=O) groups is 2. The van der Waals surface area contributed by atoms with Crippen molar-refractivity contribution >= 4 is 44.3 Å². The van der Waals surface area contributed by atoms with Gasteiger partial charge in [-0.15, -0.1) is 0 Å². The Hall–Kier alpha value is -4.04. The van der Waals surface area contributed by atoms with Crippen molar-refractivity contribution in [3.63, 3.8) is 0 Å². The van der Waals surface area contributed by atoms with Crippen molar-refractivity contribution in [1.82, 2.24) is 4.90 Å². The Bertz CT molecular complexity index is 1520. The second-order valence-corrected chi connectivity index (χ2v) is 9.97. The number of rotatable bonds is 7. The number of aliphatic hydroxyl groups excluding tert-OH is 1. The summed E-state index contributed by atoms with van der Waals surface area (Å²) in [4.78, 5) is 30.6. The van der Waals surface area contributed by atoms with Crippen molar-refractivity contribution in [2.24, 2.45) is 0 Å². The van der Waals surface area contributed by atoms with Crippen LogP contribution in [0.1, 0.15) is 27.7 Å². The maximum atomic E-state index is 13.8. The Morgan fingerprint density at radius 1 is 1.05 bits per heavy atom. The van der Waals surface area contributed by atoms with Crippen LogP contribution in [0.5, 0.6) is 5.75 Å². The SMILES string of the molecule is COc1ccc(CN2C(=O)C(O)=C(C(=O)c3cc4cc(Br)ccc4o3)C2c2ccc(N(C)C)cc2)cc1. The normalized spacial score (nSPS) is 15.5. The van der Waals surface area contributed by atoms with Gasteiger partial charge in [0.25, 0.3) is 5.91 Å². The molecule has 8 heteroatoms. The number of Topliss-reactive ketones (excluding diaryl/α,β-unsaturated/α-hetero) is 1. The fourth-order valence-corrected chi connectivity index (χ4v) is 4.92. The third kappa shape index (κ3) is 4.60. The lowest BCUT2D eigenvalue weighted by Crippen LogP contribution is -2.30. The van der Waals surface area contributed by atoms with Gasteiger partial charge in [0.1, 0.15) is 11.3 Å². The van der Waals surface area contributed by atoms with E-state index in [1.165, 1.54) is 4.90 Å². The second kappa shape index (κ2) is 9.78. The lowest BCUT2D eigenvalue weighted by molar-refractivity contribution is -0.130. The zero-order chi connectivity index (χ0) is 26.3. The maximum Gasteiger partial charge on any atom is 0.290 e. The number of hydrogen-bond acceptors (Lipinski definition) is 6. The molecule has 7 nitrogen and oxygen atoms in total. The standard InChI is InChI=1S/C29H25BrN2O5/c1-31(2)21-9-6-18(7-10-21)26-25(27(33)24-15-19-14-20(30)8-13-23(19)37-24)28(34)29(35)32(26)16-17-4-11-22(36-3)12-5-17/h4-15,26,34H,16H2,1-3H3. The molecule has 0 fully saturated rings. The van der Waals surface area contributed by atoms with E-state index in [-0.39, 0.29) is 17.9 Å². The Kier molecular flexibility index (Phi) is 6.52. The quantitative estimate of drug-likeness (QED) is 0.277. The van der Waals surface area contributed by atoms with Gasteiger partial charge in [-0.3, -0.25) is 9.59 Å². The molecule has 1 aromatic heterocycles. The molecule has 1 aliphatic heterocycles. The Morgan fingerprint density at radius 3 is 2.41 bits per heavy atom. The van der Waals surface area contributed by atoms with E-state index in [9.17, 15) is 14.7 Å². The van der Waals surface area contributed by atoms with Gasteiger partial charge in [-0.1, -0.05) is 40.2 Å². The number of furan rings is 1. The zero-order valence-electron chi connectivity index (χ0n) is 20.6. The monoisotopic (exact) mass is 560 g/mol. The molecule has 0 spiro atoms. The van der Waals surface area contributed by atoms with Gasteiger partial charge in [-0.25, -0.2) is 0 Å². The summed E-state index contributed by atoms with van der Waals surface area (Å²) in [5, 5.41) is 11.7. The largest absolute Gasteiger partial charge is 0.503 e. The summed E-state index contributed by atoms with van der Waals surface area (Å²) < 4.78 is 11.9. The zero-order valence-corrected chi connectivity index (χ0v) is 22.2. The number of halogens is 1. The van der Waals surface area contributed by atoms with Gasteiger partial charge in [-0.2, -0.15) is 0 Å². The van der Waals surface area contributed by atoms with Crippen LogP contribution in [0.15, 0.2) is 93.0 Å². The van der Waals surface area contributed by atoms with Gasteiger partial charge in [0.2, 0.25) is 5.78 Å². The molecule has 37 heavy (non-hydrogen) atoms. The molecule has 0 saturated carbocycles. The highest BCUT2D eigenvalue weighted by molar-refractivity contribution is 9.10. The summed E-state index contributed by atoms with van der Waals surface area (Å²) in [5.41, 5.74) is 3.05. The fraction of sp³-hybridized carbons (Fsp3) is 0.172. The summed E-state index contributed by atoms with van der Waals surface area (Å²) >= 11 is 3.43. The van der Waals surface area contributed by atoms with Crippen molar-refractivity contribution in [3.8, 4) is 5.75 Å². The van der Waals surface area contributed by atoms with Crippen LogP contribution in [0.4, 0.5) is 5.69 Å². The Labute approximate surface area is 222 Å². The number of anilines is 1. The topological polar surface area (TPSA) is 83.2 Å². The van der Waals surface area contributed by atoms with E-state index < -0.39 is 23.5 Å². The van der Waals surface area contributed by atoms with Crippen LogP contribution in [-0.4, -0.2) is 42.9 Å². The van der Waals surface area contributed by atoms with Crippen molar-refractivity contribution in [1.29, 1.82) is 0 Å². The number of carbonyl (C=O) groups excluding carboxylic acids is 2. The van der Waals surface area contributed by atoms with Crippen molar-refractivity contribution in [2.45, 2.75) is 12.6 Å². The van der Waals surface area contributed by atoms with Gasteiger partial charge in [0.05, 0.1) is 18.7 Å². The summed E-state index contributed by atoms with van der Waals surface area (Å²) in [5.74, 6) is -0.956. The first-order valence-electron chi connectivity index (χ1n) is 11.6. The lowest BCUT2D eigenvalue weighted by Gasteiger charge is -2.27. The van der Waals surface area contributed by atoms with Crippen LogP contribution in [0.25, 0.3) is 11.0 Å². The Morgan fingerprint density at radius 2 is 1.76 bits per heavy atom. The number of benzene rings is 3.